The van der Waals surface area contributed by atoms with Crippen molar-refractivity contribution < 1.29 is 9.84 Å². The van der Waals surface area contributed by atoms with Crippen molar-refractivity contribution in [3.05, 3.63) is 18.5 Å². The van der Waals surface area contributed by atoms with Gasteiger partial charge in [0.15, 0.2) is 6.29 Å². The largest absolute Gasteiger partial charge is 0.464 e. The molecule has 0 aliphatic heterocycles. The van der Waals surface area contributed by atoms with Gasteiger partial charge in [-0.15, -0.1) is 0 Å². The van der Waals surface area contributed by atoms with Gasteiger partial charge >= 0.3 is 0 Å². The molecule has 9 heavy (non-hydrogen) atoms. The molecule has 0 fully saturated rings. The maximum absolute atomic E-state index is 8.69. The number of aromatic amines is 1. The second-order valence-electron chi connectivity index (χ2n) is 1.76. The molecule has 0 saturated carbocycles. The van der Waals surface area contributed by atoms with Crippen molar-refractivity contribution in [1.29, 1.82) is 0 Å². The molecule has 0 radical (unpaired) electrons. The van der Waals surface area contributed by atoms with Gasteiger partial charge in [0.05, 0.1) is 0 Å². The van der Waals surface area contributed by atoms with Gasteiger partial charge in [0.1, 0.15) is 5.75 Å². The summed E-state index contributed by atoms with van der Waals surface area (Å²) < 4.78 is 4.88. The lowest BCUT2D eigenvalue weighted by Crippen LogP contribution is -2.08. The molecule has 1 aromatic heterocycles. The topological polar surface area (TPSA) is 45.2 Å². The lowest BCUT2D eigenvalue weighted by molar-refractivity contribution is -0.000183. The Morgan fingerprint density at radius 3 is 3.00 bits per heavy atom. The van der Waals surface area contributed by atoms with Crippen molar-refractivity contribution in [1.82, 2.24) is 4.98 Å². The van der Waals surface area contributed by atoms with Crippen LogP contribution in [0.4, 0.5) is 0 Å². The molecule has 0 bridgehead atoms. The summed E-state index contributed by atoms with van der Waals surface area (Å²) in [7, 11) is 0. The van der Waals surface area contributed by atoms with Gasteiger partial charge in [0.25, 0.3) is 0 Å². The monoisotopic (exact) mass is 127 g/mol. The van der Waals surface area contributed by atoms with Gasteiger partial charge in [-0.2, -0.15) is 0 Å². The Bertz CT molecular complexity index is 158. The first-order valence-corrected chi connectivity index (χ1v) is 2.76. The second kappa shape index (κ2) is 2.55. The van der Waals surface area contributed by atoms with Crippen LogP contribution in [0.5, 0.6) is 5.75 Å². The third-order valence-corrected chi connectivity index (χ3v) is 0.876. The van der Waals surface area contributed by atoms with Crippen LogP contribution < -0.4 is 4.74 Å². The fourth-order valence-electron chi connectivity index (χ4n) is 0.579. The van der Waals surface area contributed by atoms with Crippen molar-refractivity contribution >= 4 is 0 Å². The van der Waals surface area contributed by atoms with Crippen LogP contribution in [0.3, 0.4) is 0 Å². The SMILES string of the molecule is CC(O)Oc1cc[nH]c1. The van der Waals surface area contributed by atoms with E-state index in [0.717, 1.165) is 0 Å². The summed E-state index contributed by atoms with van der Waals surface area (Å²) in [4.78, 5) is 2.80. The molecule has 3 nitrogen and oxygen atoms in total. The van der Waals surface area contributed by atoms with E-state index in [4.69, 9.17) is 9.84 Å². The molecule has 1 rings (SSSR count). The molecule has 50 valence electrons. The fraction of sp³-hybridized carbons (Fsp3) is 0.333. The number of hydrogen-bond donors (Lipinski definition) is 2. The Kier molecular flexibility index (Phi) is 1.75. The van der Waals surface area contributed by atoms with Gasteiger partial charge in [0.2, 0.25) is 0 Å². The van der Waals surface area contributed by atoms with E-state index >= 15 is 0 Å². The van der Waals surface area contributed by atoms with Crippen LogP contribution >= 0.6 is 0 Å². The predicted molar refractivity (Wildman–Crippen MR) is 33.1 cm³/mol. The molecule has 1 unspecified atom stereocenters. The van der Waals surface area contributed by atoms with Gasteiger partial charge in [-0.3, -0.25) is 0 Å². The predicted octanol–water partition coefficient (Wildman–Crippen LogP) is 0.732. The third-order valence-electron chi connectivity index (χ3n) is 0.876. The van der Waals surface area contributed by atoms with Crippen molar-refractivity contribution in [3.63, 3.8) is 0 Å². The molecule has 1 atom stereocenters. The lowest BCUT2D eigenvalue weighted by atomic mass is 10.6. The van der Waals surface area contributed by atoms with Crippen molar-refractivity contribution in [2.75, 3.05) is 0 Å². The smallest absolute Gasteiger partial charge is 0.194 e. The van der Waals surface area contributed by atoms with Gasteiger partial charge < -0.3 is 14.8 Å². The average Bonchev–Trinajstić information content (AvgIpc) is 2.15. The molecule has 0 aromatic carbocycles. The Hall–Kier alpha value is -0.960. The molecule has 2 N–H and O–H groups in total. The number of ether oxygens (including phenoxy) is 1. The normalized spacial score (nSPS) is 13.1. The standard InChI is InChI=1S/C6H9NO2/c1-5(8)9-6-2-3-7-4-6/h2-5,7-8H,1H3. The quantitative estimate of drug-likeness (QED) is 0.575. The van der Waals surface area contributed by atoms with E-state index < -0.39 is 6.29 Å². The number of rotatable bonds is 2. The van der Waals surface area contributed by atoms with E-state index in [0.29, 0.717) is 5.75 Å². The first-order valence-electron chi connectivity index (χ1n) is 2.76. The summed E-state index contributed by atoms with van der Waals surface area (Å²) in [6.07, 6.45) is 2.67. The minimum Gasteiger partial charge on any atom is -0.464 e. The van der Waals surface area contributed by atoms with E-state index in [2.05, 4.69) is 4.98 Å². The Morgan fingerprint density at radius 1 is 1.78 bits per heavy atom. The highest BCUT2D eigenvalue weighted by Crippen LogP contribution is 2.07. The van der Waals surface area contributed by atoms with Crippen LogP contribution in [0.25, 0.3) is 0 Å². The van der Waals surface area contributed by atoms with Gasteiger partial charge in [-0.1, -0.05) is 0 Å². The summed E-state index contributed by atoms with van der Waals surface area (Å²) in [5.41, 5.74) is 0. The van der Waals surface area contributed by atoms with Gasteiger partial charge in [-0.05, 0) is 13.0 Å². The average molecular weight is 127 g/mol. The zero-order valence-electron chi connectivity index (χ0n) is 5.16. The van der Waals surface area contributed by atoms with E-state index in [-0.39, 0.29) is 0 Å². The van der Waals surface area contributed by atoms with Crippen LogP contribution in [0.2, 0.25) is 0 Å². The van der Waals surface area contributed by atoms with Crippen LogP contribution in [-0.4, -0.2) is 16.4 Å². The summed E-state index contributed by atoms with van der Waals surface area (Å²) >= 11 is 0. The Morgan fingerprint density at radius 2 is 2.56 bits per heavy atom. The summed E-state index contributed by atoms with van der Waals surface area (Å²) in [6, 6.07) is 1.74. The molecule has 3 heteroatoms. The number of hydrogen-bond acceptors (Lipinski definition) is 2. The summed E-state index contributed by atoms with van der Waals surface area (Å²) in [6.45, 7) is 1.56. The second-order valence-corrected chi connectivity index (χ2v) is 1.76. The van der Waals surface area contributed by atoms with Crippen molar-refractivity contribution in [2.45, 2.75) is 13.2 Å². The zero-order valence-corrected chi connectivity index (χ0v) is 5.16. The summed E-state index contributed by atoms with van der Waals surface area (Å²) in [5.74, 6) is 0.657. The molecule has 1 heterocycles. The maximum Gasteiger partial charge on any atom is 0.194 e. The minimum absolute atomic E-state index is 0.657. The molecule has 1 aromatic rings. The highest BCUT2D eigenvalue weighted by molar-refractivity contribution is 5.15. The molecule has 0 spiro atoms. The fourth-order valence-corrected chi connectivity index (χ4v) is 0.579. The Labute approximate surface area is 53.3 Å². The molecule has 0 amide bonds. The third kappa shape index (κ3) is 1.77. The van der Waals surface area contributed by atoms with Crippen molar-refractivity contribution in [3.8, 4) is 5.75 Å². The first-order chi connectivity index (χ1) is 4.29. The molecular formula is C6H9NO2. The van der Waals surface area contributed by atoms with Gasteiger partial charge in [0, 0.05) is 12.4 Å². The van der Waals surface area contributed by atoms with Crippen molar-refractivity contribution in [2.24, 2.45) is 0 Å². The van der Waals surface area contributed by atoms with Crippen LogP contribution in [0, 0.1) is 0 Å². The van der Waals surface area contributed by atoms with Crippen LogP contribution in [0.1, 0.15) is 6.92 Å². The molecule has 0 saturated heterocycles. The van der Waals surface area contributed by atoms with E-state index in [9.17, 15) is 0 Å². The van der Waals surface area contributed by atoms with E-state index in [1.807, 2.05) is 0 Å². The maximum atomic E-state index is 8.69. The first kappa shape index (κ1) is 6.16. The van der Waals surface area contributed by atoms with Crippen LogP contribution in [0.15, 0.2) is 18.5 Å². The minimum atomic E-state index is -0.735. The number of aliphatic hydroxyl groups excluding tert-OH is 1. The van der Waals surface area contributed by atoms with E-state index in [1.165, 1.54) is 0 Å². The van der Waals surface area contributed by atoms with Gasteiger partial charge in [-0.25, -0.2) is 0 Å². The van der Waals surface area contributed by atoms with E-state index in [1.54, 1.807) is 25.4 Å². The molecular weight excluding hydrogens is 118 g/mol. The van der Waals surface area contributed by atoms with Crippen LogP contribution in [-0.2, 0) is 0 Å². The Balaban J connectivity index is 2.48. The highest BCUT2D eigenvalue weighted by Gasteiger charge is 1.95. The summed E-state index contributed by atoms with van der Waals surface area (Å²) in [5, 5.41) is 8.69. The highest BCUT2D eigenvalue weighted by atomic mass is 16.6. The number of aromatic nitrogens is 1. The lowest BCUT2D eigenvalue weighted by Gasteiger charge is -2.03. The molecule has 0 aliphatic carbocycles. The zero-order chi connectivity index (χ0) is 6.69. The number of nitrogens with one attached hydrogen (secondary N) is 1. The number of H-pyrrole nitrogens is 1. The molecule has 0 aliphatic rings. The number of aliphatic hydroxyl groups is 1.